The van der Waals surface area contributed by atoms with Crippen LogP contribution in [0, 0.1) is 0 Å². The van der Waals surface area contributed by atoms with Crippen molar-refractivity contribution in [3.05, 3.63) is 78.0 Å². The van der Waals surface area contributed by atoms with Crippen molar-refractivity contribution in [2.75, 3.05) is 41.8 Å². The topological polar surface area (TPSA) is 57.7 Å². The highest BCUT2D eigenvalue weighted by atomic mass is 16.5. The van der Waals surface area contributed by atoms with Gasteiger partial charge >= 0.3 is 0 Å². The first-order valence-corrected chi connectivity index (χ1v) is 11.2. The number of carbonyl (C=O) groups excluding carboxylic acids is 1. The van der Waals surface area contributed by atoms with Crippen LogP contribution in [0.25, 0.3) is 0 Å². The van der Waals surface area contributed by atoms with Gasteiger partial charge in [0.25, 0.3) is 5.91 Å². The van der Waals surface area contributed by atoms with Crippen LogP contribution >= 0.6 is 0 Å². The fourth-order valence-corrected chi connectivity index (χ4v) is 4.01. The zero-order valence-electron chi connectivity index (χ0n) is 18.9. The lowest BCUT2D eigenvalue weighted by Gasteiger charge is -2.23. The second kappa shape index (κ2) is 9.73. The lowest BCUT2D eigenvalue weighted by atomic mass is 10.1. The number of nitrogens with zero attached hydrogens (tertiary/aromatic N) is 3. The van der Waals surface area contributed by atoms with Crippen LogP contribution in [0.2, 0.25) is 0 Å². The molecule has 1 amide bonds. The smallest absolute Gasteiger partial charge is 0.262 e. The molecule has 1 atom stereocenters. The van der Waals surface area contributed by atoms with Gasteiger partial charge in [-0.3, -0.25) is 4.79 Å². The van der Waals surface area contributed by atoms with Crippen LogP contribution in [0.5, 0.6) is 5.75 Å². The van der Waals surface area contributed by atoms with Gasteiger partial charge in [-0.1, -0.05) is 43.3 Å². The van der Waals surface area contributed by atoms with Gasteiger partial charge in [-0.2, -0.15) is 0 Å². The predicted molar refractivity (Wildman–Crippen MR) is 130 cm³/mol. The average molecular weight is 431 g/mol. The first kappa shape index (κ1) is 21.7. The third-order valence-corrected chi connectivity index (χ3v) is 5.74. The second-order valence-corrected chi connectivity index (χ2v) is 7.92. The minimum atomic E-state index is -0.0489. The first-order valence-electron chi connectivity index (χ1n) is 11.2. The van der Waals surface area contributed by atoms with Crippen molar-refractivity contribution < 1.29 is 9.53 Å². The summed E-state index contributed by atoms with van der Waals surface area (Å²) in [4.78, 5) is 21.8. The zero-order chi connectivity index (χ0) is 22.5. The van der Waals surface area contributed by atoms with Crippen LogP contribution < -0.4 is 19.9 Å². The molecule has 166 valence electrons. The summed E-state index contributed by atoms with van der Waals surface area (Å²) in [6, 6.07) is 20.0. The molecule has 0 radical (unpaired) electrons. The van der Waals surface area contributed by atoms with Crippen LogP contribution in [0.1, 0.15) is 42.3 Å². The summed E-state index contributed by atoms with van der Waals surface area (Å²) in [5.41, 5.74) is 3.47. The molecule has 0 saturated heterocycles. The fourth-order valence-electron chi connectivity index (χ4n) is 4.01. The monoisotopic (exact) mass is 430 g/mol. The van der Waals surface area contributed by atoms with Gasteiger partial charge in [0, 0.05) is 50.7 Å². The maximum atomic E-state index is 13.5. The lowest BCUT2D eigenvalue weighted by Crippen LogP contribution is -2.33. The van der Waals surface area contributed by atoms with E-state index in [1.54, 1.807) is 6.20 Å². The number of fused-ring (bicyclic) bond motifs is 1. The van der Waals surface area contributed by atoms with Gasteiger partial charge in [-0.15, -0.1) is 0 Å². The Hall–Kier alpha value is -3.54. The van der Waals surface area contributed by atoms with E-state index in [9.17, 15) is 4.79 Å². The van der Waals surface area contributed by atoms with Crippen molar-refractivity contribution in [1.82, 2.24) is 4.98 Å². The predicted octanol–water partition coefficient (Wildman–Crippen LogP) is 5.14. The number of hydrogen-bond donors (Lipinski definition) is 1. The van der Waals surface area contributed by atoms with Crippen molar-refractivity contribution >= 4 is 23.1 Å². The van der Waals surface area contributed by atoms with Gasteiger partial charge in [-0.25, -0.2) is 4.98 Å². The van der Waals surface area contributed by atoms with E-state index in [2.05, 4.69) is 34.3 Å². The number of ether oxygens (including phenoxy) is 1. The maximum absolute atomic E-state index is 13.5. The highest BCUT2D eigenvalue weighted by molar-refractivity contribution is 6.10. The largest absolute Gasteiger partial charge is 0.486 e. The van der Waals surface area contributed by atoms with Crippen LogP contribution in [0.15, 0.2) is 66.9 Å². The van der Waals surface area contributed by atoms with E-state index in [-0.39, 0.29) is 12.0 Å². The van der Waals surface area contributed by atoms with Crippen molar-refractivity contribution in [1.29, 1.82) is 0 Å². The molecule has 6 nitrogen and oxygen atoms in total. The molecule has 1 unspecified atom stereocenters. The number of pyridine rings is 1. The quantitative estimate of drug-likeness (QED) is 0.562. The maximum Gasteiger partial charge on any atom is 0.262 e. The Morgan fingerprint density at radius 1 is 1.06 bits per heavy atom. The molecule has 1 aliphatic heterocycles. The van der Waals surface area contributed by atoms with E-state index in [1.165, 1.54) is 0 Å². The van der Waals surface area contributed by atoms with Gasteiger partial charge in [0.2, 0.25) is 0 Å². The Bertz CT molecular complexity index is 1070. The molecule has 3 aromatic rings. The molecule has 4 rings (SSSR count). The van der Waals surface area contributed by atoms with E-state index < -0.39 is 0 Å². The van der Waals surface area contributed by atoms with E-state index in [4.69, 9.17) is 4.74 Å². The van der Waals surface area contributed by atoms with Gasteiger partial charge in [0.15, 0.2) is 0 Å². The molecule has 0 saturated carbocycles. The highest BCUT2D eigenvalue weighted by Gasteiger charge is 2.27. The van der Waals surface area contributed by atoms with Crippen LogP contribution in [0.3, 0.4) is 0 Å². The number of nitrogens with one attached hydrogen (secondary N) is 1. The normalized spacial score (nSPS) is 14.5. The summed E-state index contributed by atoms with van der Waals surface area (Å²) in [6.45, 7) is 6.23. The molecule has 32 heavy (non-hydrogen) atoms. The summed E-state index contributed by atoms with van der Waals surface area (Å²) in [6.07, 6.45) is 2.49. The minimum absolute atomic E-state index is 0.0353. The van der Waals surface area contributed by atoms with Crippen molar-refractivity contribution in [2.45, 2.75) is 26.4 Å². The van der Waals surface area contributed by atoms with Crippen LogP contribution in [0.4, 0.5) is 17.2 Å². The van der Waals surface area contributed by atoms with Gasteiger partial charge in [0.1, 0.15) is 17.7 Å². The van der Waals surface area contributed by atoms with E-state index in [1.807, 2.05) is 67.4 Å². The van der Waals surface area contributed by atoms with Gasteiger partial charge in [-0.05, 0) is 31.0 Å². The molecule has 1 N–H and O–H groups in total. The molecule has 2 heterocycles. The molecule has 1 aliphatic rings. The molecule has 0 fully saturated rings. The average Bonchev–Trinajstić information content (AvgIpc) is 2.95. The van der Waals surface area contributed by atoms with E-state index in [0.717, 1.165) is 48.0 Å². The number of aromatic nitrogens is 1. The Morgan fingerprint density at radius 3 is 2.62 bits per heavy atom. The summed E-state index contributed by atoms with van der Waals surface area (Å²) < 4.78 is 6.31. The standard InChI is InChI=1S/C26H30N4O2/c1-4-24(19-10-7-6-8-11-19)32-21-13-9-12-20(16-21)30-15-14-29(3)23-17-25(27-5-2)28-18-22(23)26(30)31/h6-13,16-18,24H,4-5,14-15H2,1-3H3,(H,27,28). The van der Waals surface area contributed by atoms with Crippen LogP contribution in [-0.2, 0) is 0 Å². The number of rotatable bonds is 7. The fraction of sp³-hybridized carbons (Fsp3) is 0.308. The molecule has 0 aliphatic carbocycles. The number of benzene rings is 2. The molecule has 1 aromatic heterocycles. The third kappa shape index (κ3) is 4.54. The number of anilines is 3. The van der Waals surface area contributed by atoms with E-state index >= 15 is 0 Å². The number of likely N-dealkylation sites (N-methyl/N-ethyl adjacent to an activating group) is 1. The molecule has 0 spiro atoms. The van der Waals surface area contributed by atoms with Crippen molar-refractivity contribution in [3.8, 4) is 5.75 Å². The highest BCUT2D eigenvalue weighted by Crippen LogP contribution is 2.32. The molecular formula is C26H30N4O2. The third-order valence-electron chi connectivity index (χ3n) is 5.74. The Kier molecular flexibility index (Phi) is 6.59. The molecule has 6 heteroatoms. The summed E-state index contributed by atoms with van der Waals surface area (Å²) >= 11 is 0. The van der Waals surface area contributed by atoms with E-state index in [0.29, 0.717) is 12.1 Å². The molecule has 2 aromatic carbocycles. The lowest BCUT2D eigenvalue weighted by molar-refractivity contribution is 0.0990. The van der Waals surface area contributed by atoms with Crippen LogP contribution in [-0.4, -0.2) is 37.6 Å². The Balaban J connectivity index is 1.60. The summed E-state index contributed by atoms with van der Waals surface area (Å²) in [7, 11) is 2.01. The Labute approximate surface area is 189 Å². The van der Waals surface area contributed by atoms with Crippen molar-refractivity contribution in [2.24, 2.45) is 0 Å². The zero-order valence-corrected chi connectivity index (χ0v) is 18.9. The van der Waals surface area contributed by atoms with Gasteiger partial charge in [0.05, 0.1) is 11.3 Å². The first-order chi connectivity index (χ1) is 15.6. The number of hydrogen-bond acceptors (Lipinski definition) is 5. The summed E-state index contributed by atoms with van der Waals surface area (Å²) in [5, 5.41) is 3.22. The molecular weight excluding hydrogens is 400 g/mol. The Morgan fingerprint density at radius 2 is 1.88 bits per heavy atom. The number of amides is 1. The van der Waals surface area contributed by atoms with Crippen molar-refractivity contribution in [3.63, 3.8) is 0 Å². The SMILES string of the molecule is CCNc1cc2c(cn1)C(=O)N(c1cccc(OC(CC)c3ccccc3)c1)CCN2C. The number of carbonyl (C=O) groups is 1. The summed E-state index contributed by atoms with van der Waals surface area (Å²) in [5.74, 6) is 1.48. The second-order valence-electron chi connectivity index (χ2n) is 7.92. The van der Waals surface area contributed by atoms with Gasteiger partial charge < -0.3 is 19.9 Å². The molecule has 0 bridgehead atoms. The minimum Gasteiger partial charge on any atom is -0.486 e.